The molecule has 3 unspecified atom stereocenters. The molecule has 0 saturated carbocycles. The second-order valence-corrected chi connectivity index (χ2v) is 4.90. The van der Waals surface area contributed by atoms with Gasteiger partial charge in [-0.2, -0.15) is 0 Å². The fourth-order valence-corrected chi connectivity index (χ4v) is 2.81. The average molecular weight is 233 g/mol. The third kappa shape index (κ3) is 2.70. The Morgan fingerprint density at radius 2 is 2.12 bits per heavy atom. The van der Waals surface area contributed by atoms with E-state index in [9.17, 15) is 0 Å². The van der Waals surface area contributed by atoms with Gasteiger partial charge in [-0.25, -0.2) is 0 Å². The Morgan fingerprint density at radius 3 is 2.76 bits per heavy atom. The van der Waals surface area contributed by atoms with Crippen molar-refractivity contribution < 1.29 is 4.74 Å². The molecule has 3 atom stereocenters. The molecule has 0 heterocycles. The molecule has 1 aromatic rings. The Kier molecular flexibility index (Phi) is 4.19. The molecule has 0 aliphatic heterocycles. The molecule has 0 aromatic heterocycles. The van der Waals surface area contributed by atoms with Crippen molar-refractivity contribution in [2.45, 2.75) is 51.2 Å². The quantitative estimate of drug-likeness (QED) is 0.820. The molecule has 0 radical (unpaired) electrons. The van der Waals surface area contributed by atoms with E-state index in [2.05, 4.69) is 31.2 Å². The first-order chi connectivity index (χ1) is 8.26. The number of benzene rings is 1. The summed E-state index contributed by atoms with van der Waals surface area (Å²) in [5.41, 5.74) is 9.25. The highest BCUT2D eigenvalue weighted by molar-refractivity contribution is 5.39. The Hall–Kier alpha value is -0.860. The summed E-state index contributed by atoms with van der Waals surface area (Å²) < 4.78 is 5.69. The van der Waals surface area contributed by atoms with E-state index in [4.69, 9.17) is 10.5 Å². The molecular formula is C15H23NO. The van der Waals surface area contributed by atoms with Crippen LogP contribution in [0.1, 0.15) is 43.7 Å². The standard InChI is InChI=1S/C15H23NO/c1-3-15(17-4-2)14(16)10-12-9-11-7-5-6-8-13(11)12/h5-8,12,14-15H,3-4,9-10,16H2,1-2H3. The number of ether oxygens (including phenoxy) is 1. The summed E-state index contributed by atoms with van der Waals surface area (Å²) in [6.07, 6.45) is 3.46. The zero-order valence-electron chi connectivity index (χ0n) is 10.9. The molecule has 2 heteroatoms. The third-order valence-electron chi connectivity index (χ3n) is 3.78. The Morgan fingerprint density at radius 1 is 1.35 bits per heavy atom. The SMILES string of the molecule is CCOC(CC)C(N)CC1Cc2ccccc21. The predicted molar refractivity (Wildman–Crippen MR) is 71.2 cm³/mol. The van der Waals surface area contributed by atoms with E-state index in [-0.39, 0.29) is 12.1 Å². The van der Waals surface area contributed by atoms with Crippen molar-refractivity contribution in [3.8, 4) is 0 Å². The van der Waals surface area contributed by atoms with Crippen LogP contribution < -0.4 is 5.73 Å². The van der Waals surface area contributed by atoms with Crippen molar-refractivity contribution in [1.29, 1.82) is 0 Å². The summed E-state index contributed by atoms with van der Waals surface area (Å²) in [6.45, 7) is 4.94. The maximum atomic E-state index is 6.26. The van der Waals surface area contributed by atoms with Crippen LogP contribution in [0.4, 0.5) is 0 Å². The Bertz CT molecular complexity index is 364. The molecule has 0 amide bonds. The van der Waals surface area contributed by atoms with Crippen molar-refractivity contribution >= 4 is 0 Å². The van der Waals surface area contributed by atoms with Gasteiger partial charge in [0.25, 0.3) is 0 Å². The van der Waals surface area contributed by atoms with E-state index in [0.717, 1.165) is 19.4 Å². The summed E-state index contributed by atoms with van der Waals surface area (Å²) in [6, 6.07) is 8.86. The van der Waals surface area contributed by atoms with Crippen molar-refractivity contribution in [2.24, 2.45) is 5.73 Å². The van der Waals surface area contributed by atoms with E-state index in [1.165, 1.54) is 17.5 Å². The molecule has 1 aromatic carbocycles. The number of rotatable bonds is 6. The third-order valence-corrected chi connectivity index (χ3v) is 3.78. The number of fused-ring (bicyclic) bond motifs is 1. The van der Waals surface area contributed by atoms with Crippen molar-refractivity contribution in [2.75, 3.05) is 6.61 Å². The monoisotopic (exact) mass is 233 g/mol. The van der Waals surface area contributed by atoms with Crippen molar-refractivity contribution in [1.82, 2.24) is 0 Å². The van der Waals surface area contributed by atoms with Gasteiger partial charge in [0, 0.05) is 12.6 Å². The van der Waals surface area contributed by atoms with Crippen LogP contribution in [0, 0.1) is 0 Å². The predicted octanol–water partition coefficient (Wildman–Crippen LogP) is 2.86. The van der Waals surface area contributed by atoms with Crippen LogP contribution in [0.3, 0.4) is 0 Å². The molecular weight excluding hydrogens is 210 g/mol. The fraction of sp³-hybridized carbons (Fsp3) is 0.600. The number of nitrogens with two attached hydrogens (primary N) is 1. The highest BCUT2D eigenvalue weighted by Gasteiger charge is 2.29. The van der Waals surface area contributed by atoms with E-state index in [1.807, 2.05) is 6.92 Å². The van der Waals surface area contributed by atoms with Crippen LogP contribution in [0.5, 0.6) is 0 Å². The van der Waals surface area contributed by atoms with Crippen LogP contribution in [0.2, 0.25) is 0 Å². The topological polar surface area (TPSA) is 35.2 Å². The van der Waals surface area contributed by atoms with Crippen LogP contribution in [0.15, 0.2) is 24.3 Å². The minimum absolute atomic E-state index is 0.165. The minimum Gasteiger partial charge on any atom is -0.377 e. The average Bonchev–Trinajstić information content (AvgIpc) is 2.32. The van der Waals surface area contributed by atoms with Crippen LogP contribution in [-0.4, -0.2) is 18.8 Å². The normalized spacial score (nSPS) is 21.5. The first-order valence-electron chi connectivity index (χ1n) is 6.71. The smallest absolute Gasteiger partial charge is 0.0723 e. The number of hydrogen-bond acceptors (Lipinski definition) is 2. The molecule has 2 N–H and O–H groups in total. The molecule has 0 fully saturated rings. The van der Waals surface area contributed by atoms with E-state index >= 15 is 0 Å². The molecule has 0 spiro atoms. The fourth-order valence-electron chi connectivity index (χ4n) is 2.81. The van der Waals surface area contributed by atoms with Gasteiger partial charge < -0.3 is 10.5 Å². The van der Waals surface area contributed by atoms with Gasteiger partial charge in [-0.3, -0.25) is 0 Å². The van der Waals surface area contributed by atoms with Gasteiger partial charge in [-0.1, -0.05) is 31.2 Å². The van der Waals surface area contributed by atoms with Crippen LogP contribution in [-0.2, 0) is 11.2 Å². The lowest BCUT2D eigenvalue weighted by Gasteiger charge is -2.34. The molecule has 17 heavy (non-hydrogen) atoms. The summed E-state index contributed by atoms with van der Waals surface area (Å²) in [5, 5.41) is 0. The summed E-state index contributed by atoms with van der Waals surface area (Å²) >= 11 is 0. The summed E-state index contributed by atoms with van der Waals surface area (Å²) in [5.74, 6) is 0.649. The maximum absolute atomic E-state index is 6.26. The van der Waals surface area contributed by atoms with Crippen LogP contribution in [0.25, 0.3) is 0 Å². The zero-order chi connectivity index (χ0) is 12.3. The van der Waals surface area contributed by atoms with E-state index in [0.29, 0.717) is 5.92 Å². The molecule has 94 valence electrons. The van der Waals surface area contributed by atoms with Gasteiger partial charge >= 0.3 is 0 Å². The molecule has 0 saturated heterocycles. The Balaban J connectivity index is 1.91. The number of hydrogen-bond donors (Lipinski definition) is 1. The molecule has 2 rings (SSSR count). The summed E-state index contributed by atoms with van der Waals surface area (Å²) in [4.78, 5) is 0. The summed E-state index contributed by atoms with van der Waals surface area (Å²) in [7, 11) is 0. The highest BCUT2D eigenvalue weighted by atomic mass is 16.5. The lowest BCUT2D eigenvalue weighted by Crippen LogP contribution is -2.39. The van der Waals surface area contributed by atoms with Crippen molar-refractivity contribution in [3.63, 3.8) is 0 Å². The van der Waals surface area contributed by atoms with Crippen molar-refractivity contribution in [3.05, 3.63) is 35.4 Å². The van der Waals surface area contributed by atoms with Gasteiger partial charge in [0.15, 0.2) is 0 Å². The second kappa shape index (κ2) is 5.65. The van der Waals surface area contributed by atoms with Gasteiger partial charge in [0.2, 0.25) is 0 Å². The maximum Gasteiger partial charge on any atom is 0.0723 e. The molecule has 2 nitrogen and oxygen atoms in total. The van der Waals surface area contributed by atoms with E-state index < -0.39 is 0 Å². The lowest BCUT2D eigenvalue weighted by atomic mass is 9.74. The van der Waals surface area contributed by atoms with E-state index in [1.54, 1.807) is 0 Å². The molecule has 1 aliphatic rings. The Labute approximate surface area is 104 Å². The molecule has 0 bridgehead atoms. The molecule has 1 aliphatic carbocycles. The largest absolute Gasteiger partial charge is 0.377 e. The first kappa shape index (κ1) is 12.6. The van der Waals surface area contributed by atoms with Crippen LogP contribution >= 0.6 is 0 Å². The first-order valence-corrected chi connectivity index (χ1v) is 6.71. The lowest BCUT2D eigenvalue weighted by molar-refractivity contribution is 0.0375. The van der Waals surface area contributed by atoms with Gasteiger partial charge in [0.05, 0.1) is 6.10 Å². The second-order valence-electron chi connectivity index (χ2n) is 4.90. The van der Waals surface area contributed by atoms with Gasteiger partial charge in [-0.05, 0) is 43.2 Å². The highest BCUT2D eigenvalue weighted by Crippen LogP contribution is 2.38. The zero-order valence-corrected chi connectivity index (χ0v) is 10.9. The van der Waals surface area contributed by atoms with Gasteiger partial charge in [-0.15, -0.1) is 0 Å². The minimum atomic E-state index is 0.165. The van der Waals surface area contributed by atoms with Gasteiger partial charge in [0.1, 0.15) is 0 Å².